The van der Waals surface area contributed by atoms with Gasteiger partial charge >= 0.3 is 19.8 Å². The standard InChI is InChI=1S/C41H77O10P/c1-3-5-7-9-11-13-15-16-17-18-19-20-21-22-23-25-27-29-31-33-41(45)51-39(37-50-52(46,47)49-35-38(43)34-42)36-48-40(44)32-30-28-26-24-14-12-10-8-6-4-2/h8,10,16-17,38-39,42-43H,3-7,9,11-15,18-37H2,1-2H3,(H,46,47)/b10-8-,17-16-. The minimum absolute atomic E-state index is 0.182. The van der Waals surface area contributed by atoms with Crippen molar-refractivity contribution in [2.24, 2.45) is 0 Å². The van der Waals surface area contributed by atoms with Crippen LogP contribution in [0.15, 0.2) is 24.3 Å². The lowest BCUT2D eigenvalue weighted by Gasteiger charge is -2.20. The van der Waals surface area contributed by atoms with Gasteiger partial charge in [0.25, 0.3) is 0 Å². The van der Waals surface area contributed by atoms with Gasteiger partial charge in [0.1, 0.15) is 12.7 Å². The van der Waals surface area contributed by atoms with Crippen molar-refractivity contribution in [3.8, 4) is 0 Å². The molecule has 0 aromatic heterocycles. The van der Waals surface area contributed by atoms with Crippen molar-refractivity contribution in [2.75, 3.05) is 26.4 Å². The number of esters is 2. The quantitative estimate of drug-likeness (QED) is 0.0239. The number of unbranched alkanes of at least 4 members (excludes halogenated alkanes) is 21. The number of phosphoric ester groups is 1. The maximum absolute atomic E-state index is 12.6. The first-order valence-corrected chi connectivity index (χ1v) is 22.3. The summed E-state index contributed by atoms with van der Waals surface area (Å²) in [5.74, 6) is -0.937. The number of carbonyl (C=O) groups excluding carboxylic acids is 2. The Kier molecular flexibility index (Phi) is 36.6. The molecule has 0 fully saturated rings. The molecule has 52 heavy (non-hydrogen) atoms. The molecule has 0 saturated carbocycles. The molecule has 10 nitrogen and oxygen atoms in total. The highest BCUT2D eigenvalue weighted by Gasteiger charge is 2.27. The minimum Gasteiger partial charge on any atom is -0.462 e. The molecule has 0 aliphatic carbocycles. The summed E-state index contributed by atoms with van der Waals surface area (Å²) in [5.41, 5.74) is 0. The van der Waals surface area contributed by atoms with E-state index in [9.17, 15) is 24.2 Å². The monoisotopic (exact) mass is 761 g/mol. The van der Waals surface area contributed by atoms with E-state index in [4.69, 9.17) is 19.1 Å². The van der Waals surface area contributed by atoms with Gasteiger partial charge in [-0.25, -0.2) is 4.57 Å². The third-order valence-electron chi connectivity index (χ3n) is 8.81. The van der Waals surface area contributed by atoms with Gasteiger partial charge in [-0.15, -0.1) is 0 Å². The van der Waals surface area contributed by atoms with Crippen LogP contribution < -0.4 is 0 Å². The van der Waals surface area contributed by atoms with Crippen LogP contribution in [0.1, 0.15) is 187 Å². The van der Waals surface area contributed by atoms with Crippen molar-refractivity contribution in [3.63, 3.8) is 0 Å². The molecule has 0 aromatic carbocycles. The van der Waals surface area contributed by atoms with Crippen LogP contribution >= 0.6 is 7.82 Å². The van der Waals surface area contributed by atoms with E-state index in [1.807, 2.05) is 0 Å². The molecule has 0 radical (unpaired) electrons. The fourth-order valence-electron chi connectivity index (χ4n) is 5.58. The highest BCUT2D eigenvalue weighted by Crippen LogP contribution is 2.43. The summed E-state index contributed by atoms with van der Waals surface area (Å²) in [6.07, 6.45) is 35.8. The number of aliphatic hydroxyl groups excluding tert-OH is 2. The number of rotatable bonds is 39. The predicted octanol–water partition coefficient (Wildman–Crippen LogP) is 10.6. The summed E-state index contributed by atoms with van der Waals surface area (Å²) in [6.45, 7) is 2.30. The van der Waals surface area contributed by atoms with Gasteiger partial charge in [-0.3, -0.25) is 18.6 Å². The summed E-state index contributed by atoms with van der Waals surface area (Å²) in [7, 11) is -4.61. The van der Waals surface area contributed by atoms with Crippen LogP contribution in [-0.2, 0) is 32.7 Å². The molecular formula is C41H77O10P. The Morgan fingerprint density at radius 3 is 1.46 bits per heavy atom. The second kappa shape index (κ2) is 37.8. The lowest BCUT2D eigenvalue weighted by atomic mass is 10.1. The SMILES string of the molecule is CCC/C=C\CCCCCCCC(=O)OCC(COP(=O)(O)OCC(O)CO)OC(=O)CCCCCCCCCCC/C=C\CCCCCCCC. The zero-order valence-corrected chi connectivity index (χ0v) is 33.9. The van der Waals surface area contributed by atoms with Crippen molar-refractivity contribution in [1.29, 1.82) is 0 Å². The third kappa shape index (κ3) is 36.8. The average Bonchev–Trinajstić information content (AvgIpc) is 3.13. The summed E-state index contributed by atoms with van der Waals surface area (Å²) in [4.78, 5) is 34.8. The molecule has 0 spiro atoms. The minimum atomic E-state index is -4.61. The van der Waals surface area contributed by atoms with E-state index in [1.54, 1.807) is 0 Å². The molecule has 3 N–H and O–H groups in total. The van der Waals surface area contributed by atoms with Crippen LogP contribution in [0, 0.1) is 0 Å². The van der Waals surface area contributed by atoms with Crippen LogP contribution in [0.4, 0.5) is 0 Å². The van der Waals surface area contributed by atoms with Gasteiger partial charge < -0.3 is 24.6 Å². The number of aliphatic hydroxyl groups is 2. The van der Waals surface area contributed by atoms with Gasteiger partial charge in [0, 0.05) is 12.8 Å². The topological polar surface area (TPSA) is 149 Å². The predicted molar refractivity (Wildman–Crippen MR) is 210 cm³/mol. The third-order valence-corrected chi connectivity index (χ3v) is 9.76. The normalized spacial score (nSPS) is 14.2. The molecule has 0 amide bonds. The van der Waals surface area contributed by atoms with E-state index < -0.39 is 51.8 Å². The van der Waals surface area contributed by atoms with Gasteiger partial charge in [-0.1, -0.05) is 141 Å². The van der Waals surface area contributed by atoms with Crippen molar-refractivity contribution in [1.82, 2.24) is 0 Å². The molecule has 0 rings (SSSR count). The Bertz CT molecular complexity index is 925. The average molecular weight is 761 g/mol. The van der Waals surface area contributed by atoms with Gasteiger partial charge in [0.2, 0.25) is 0 Å². The Hall–Kier alpha value is -1.55. The van der Waals surface area contributed by atoms with Gasteiger partial charge in [-0.05, 0) is 57.8 Å². The smallest absolute Gasteiger partial charge is 0.462 e. The summed E-state index contributed by atoms with van der Waals surface area (Å²) in [6, 6.07) is 0. The van der Waals surface area contributed by atoms with Crippen LogP contribution in [0.2, 0.25) is 0 Å². The van der Waals surface area contributed by atoms with Crippen molar-refractivity contribution in [3.05, 3.63) is 24.3 Å². The lowest BCUT2D eigenvalue weighted by Crippen LogP contribution is -2.29. The first kappa shape index (κ1) is 50.5. The van der Waals surface area contributed by atoms with E-state index in [2.05, 4.69) is 42.7 Å². The number of ether oxygens (including phenoxy) is 2. The number of hydrogen-bond donors (Lipinski definition) is 3. The van der Waals surface area contributed by atoms with Crippen LogP contribution in [0.3, 0.4) is 0 Å². The van der Waals surface area contributed by atoms with E-state index in [0.717, 1.165) is 64.2 Å². The Morgan fingerprint density at radius 2 is 0.981 bits per heavy atom. The largest absolute Gasteiger partial charge is 0.472 e. The Balaban J connectivity index is 4.25. The second-order valence-electron chi connectivity index (χ2n) is 14.0. The number of allylic oxidation sites excluding steroid dienone is 4. The van der Waals surface area contributed by atoms with Crippen LogP contribution in [0.25, 0.3) is 0 Å². The van der Waals surface area contributed by atoms with Crippen LogP contribution in [0.5, 0.6) is 0 Å². The molecule has 0 aromatic rings. The first-order valence-electron chi connectivity index (χ1n) is 20.8. The molecule has 306 valence electrons. The second-order valence-corrected chi connectivity index (χ2v) is 15.5. The van der Waals surface area contributed by atoms with Crippen molar-refractivity contribution < 1.29 is 47.8 Å². The number of phosphoric acid groups is 1. The molecule has 3 atom stereocenters. The molecular weight excluding hydrogens is 683 g/mol. The Morgan fingerprint density at radius 1 is 0.558 bits per heavy atom. The zero-order chi connectivity index (χ0) is 38.4. The highest BCUT2D eigenvalue weighted by atomic mass is 31.2. The molecule has 0 saturated heterocycles. The molecule has 0 aliphatic rings. The van der Waals surface area contributed by atoms with E-state index in [-0.39, 0.29) is 19.4 Å². The van der Waals surface area contributed by atoms with Gasteiger partial charge in [-0.2, -0.15) is 0 Å². The fraction of sp³-hybridized carbons (Fsp3) is 0.854. The summed E-state index contributed by atoms with van der Waals surface area (Å²) in [5, 5.41) is 18.3. The molecule has 11 heteroatoms. The van der Waals surface area contributed by atoms with E-state index in [1.165, 1.54) is 83.5 Å². The molecule has 0 bridgehead atoms. The van der Waals surface area contributed by atoms with Gasteiger partial charge in [0.15, 0.2) is 6.10 Å². The van der Waals surface area contributed by atoms with E-state index in [0.29, 0.717) is 12.8 Å². The van der Waals surface area contributed by atoms with Crippen LogP contribution in [-0.4, -0.2) is 65.7 Å². The van der Waals surface area contributed by atoms with Gasteiger partial charge in [0.05, 0.1) is 19.8 Å². The van der Waals surface area contributed by atoms with E-state index >= 15 is 0 Å². The molecule has 0 aliphatic heterocycles. The number of hydrogen-bond acceptors (Lipinski definition) is 9. The Labute approximate surface area is 317 Å². The number of carbonyl (C=O) groups is 2. The zero-order valence-electron chi connectivity index (χ0n) is 33.0. The lowest BCUT2D eigenvalue weighted by molar-refractivity contribution is -0.161. The molecule has 3 unspecified atom stereocenters. The van der Waals surface area contributed by atoms with Crippen molar-refractivity contribution in [2.45, 2.75) is 199 Å². The summed E-state index contributed by atoms with van der Waals surface area (Å²) >= 11 is 0. The summed E-state index contributed by atoms with van der Waals surface area (Å²) < 4.78 is 32.6. The first-order chi connectivity index (χ1) is 25.2. The maximum atomic E-state index is 12.6. The molecule has 0 heterocycles. The fourth-order valence-corrected chi connectivity index (χ4v) is 6.37. The maximum Gasteiger partial charge on any atom is 0.472 e. The highest BCUT2D eigenvalue weighted by molar-refractivity contribution is 7.47. The van der Waals surface area contributed by atoms with Crippen molar-refractivity contribution >= 4 is 19.8 Å².